The Morgan fingerprint density at radius 2 is 1.81 bits per heavy atom. The first-order valence-corrected chi connectivity index (χ1v) is 8.88. The van der Waals surface area contributed by atoms with Crippen LogP contribution in [0.3, 0.4) is 0 Å². The fourth-order valence-electron chi connectivity index (χ4n) is 2.65. The van der Waals surface area contributed by atoms with Crippen LogP contribution in [-0.2, 0) is 9.53 Å². The van der Waals surface area contributed by atoms with Crippen molar-refractivity contribution in [2.45, 2.75) is 39.5 Å². The number of aliphatic carboxylic acids is 1. The van der Waals surface area contributed by atoms with Crippen LogP contribution < -0.4 is 14.2 Å². The van der Waals surface area contributed by atoms with Gasteiger partial charge in [-0.2, -0.15) is 0 Å². The molecule has 1 rings (SSSR count). The minimum atomic E-state index is -1.12. The highest BCUT2D eigenvalue weighted by molar-refractivity contribution is 5.90. The van der Waals surface area contributed by atoms with Gasteiger partial charge in [0.2, 0.25) is 11.5 Å². The first kappa shape index (κ1) is 21.7. The van der Waals surface area contributed by atoms with E-state index >= 15 is 0 Å². The molecule has 1 unspecified atom stereocenters. The quantitative estimate of drug-likeness (QED) is 0.437. The summed E-state index contributed by atoms with van der Waals surface area (Å²) >= 11 is 0. The van der Waals surface area contributed by atoms with Gasteiger partial charge in [0.05, 0.1) is 27.9 Å². The van der Waals surface area contributed by atoms with Gasteiger partial charge in [0.25, 0.3) is 0 Å². The van der Waals surface area contributed by atoms with Gasteiger partial charge in [0.15, 0.2) is 11.5 Å². The summed E-state index contributed by atoms with van der Waals surface area (Å²) in [6.07, 6.45) is 5.65. The summed E-state index contributed by atoms with van der Waals surface area (Å²) in [5, 5.41) is 9.50. The van der Waals surface area contributed by atoms with Crippen LogP contribution >= 0.6 is 0 Å². The van der Waals surface area contributed by atoms with Crippen molar-refractivity contribution in [2.75, 3.05) is 27.9 Å². The molecule has 0 aliphatic rings. The number of unbranched alkanes of at least 4 members (excludes halogenated alkanes) is 1. The van der Waals surface area contributed by atoms with Crippen LogP contribution in [0.25, 0.3) is 6.08 Å². The molecule has 1 atom stereocenters. The molecule has 0 heterocycles. The second-order valence-corrected chi connectivity index (χ2v) is 5.96. The van der Waals surface area contributed by atoms with Gasteiger partial charge in [-0.3, -0.25) is 0 Å². The van der Waals surface area contributed by atoms with Crippen LogP contribution in [0, 0.1) is 5.92 Å². The number of hydrogen-bond donors (Lipinski definition) is 1. The highest BCUT2D eigenvalue weighted by atomic mass is 16.5. The van der Waals surface area contributed by atoms with Crippen LogP contribution in [0.1, 0.15) is 45.1 Å². The van der Waals surface area contributed by atoms with Gasteiger partial charge >= 0.3 is 5.97 Å². The zero-order valence-corrected chi connectivity index (χ0v) is 16.3. The molecular formula is C20H30O6. The summed E-state index contributed by atoms with van der Waals surface area (Å²) in [7, 11) is 4.52. The van der Waals surface area contributed by atoms with E-state index in [-0.39, 0.29) is 5.76 Å². The molecule has 1 N–H and O–H groups in total. The summed E-state index contributed by atoms with van der Waals surface area (Å²) in [6.45, 7) is 4.61. The molecule has 0 saturated heterocycles. The fourth-order valence-corrected chi connectivity index (χ4v) is 2.65. The van der Waals surface area contributed by atoms with Crippen LogP contribution in [0.2, 0.25) is 0 Å². The van der Waals surface area contributed by atoms with E-state index in [1.807, 2.05) is 0 Å². The molecule has 1 aromatic carbocycles. The number of ether oxygens (including phenoxy) is 4. The summed E-state index contributed by atoms with van der Waals surface area (Å²) in [5.41, 5.74) is 0.546. The third-order valence-corrected chi connectivity index (χ3v) is 4.25. The molecule has 0 aliphatic carbocycles. The first-order valence-electron chi connectivity index (χ1n) is 8.88. The predicted octanol–water partition coefficient (Wildman–Crippen LogP) is 4.37. The van der Waals surface area contributed by atoms with Crippen LogP contribution in [-0.4, -0.2) is 39.0 Å². The maximum atomic E-state index is 11.6. The summed E-state index contributed by atoms with van der Waals surface area (Å²) in [6, 6.07) is 3.41. The monoisotopic (exact) mass is 366 g/mol. The van der Waals surface area contributed by atoms with Crippen LogP contribution in [0.15, 0.2) is 17.9 Å². The molecule has 6 heteroatoms. The maximum absolute atomic E-state index is 11.6. The molecule has 146 valence electrons. The van der Waals surface area contributed by atoms with Crippen molar-refractivity contribution >= 4 is 12.0 Å². The molecule has 0 aromatic heterocycles. The van der Waals surface area contributed by atoms with Gasteiger partial charge in [-0.15, -0.1) is 0 Å². The number of carboxylic acids is 1. The number of carbonyl (C=O) groups is 1. The largest absolute Gasteiger partial charge is 0.493 e. The molecule has 0 radical (unpaired) electrons. The van der Waals surface area contributed by atoms with E-state index in [4.69, 9.17) is 18.9 Å². The molecule has 0 spiro atoms. The van der Waals surface area contributed by atoms with E-state index < -0.39 is 5.97 Å². The zero-order valence-electron chi connectivity index (χ0n) is 16.3. The number of benzene rings is 1. The van der Waals surface area contributed by atoms with Crippen molar-refractivity contribution in [2.24, 2.45) is 5.92 Å². The fraction of sp³-hybridized carbons (Fsp3) is 0.550. The van der Waals surface area contributed by atoms with E-state index in [0.717, 1.165) is 25.7 Å². The second kappa shape index (κ2) is 11.3. The van der Waals surface area contributed by atoms with Gasteiger partial charge in [-0.1, -0.05) is 33.1 Å². The number of methoxy groups -OCH3 is 3. The van der Waals surface area contributed by atoms with E-state index in [1.165, 1.54) is 27.4 Å². The number of rotatable bonds is 12. The number of carboxylic acid groups (broad SMARTS) is 1. The Labute approximate surface area is 155 Å². The standard InChI is InChI=1S/C20H30O6/c1-6-8-9-14(7-2)13-26-17(20(21)22)12-15-10-11-16(23-3)19(25-5)18(15)24-4/h10-12,14H,6-9,13H2,1-5H3,(H,21,22). The number of hydrogen-bond acceptors (Lipinski definition) is 5. The average molecular weight is 366 g/mol. The lowest BCUT2D eigenvalue weighted by atomic mass is 10.0. The lowest BCUT2D eigenvalue weighted by Crippen LogP contribution is -2.13. The Hall–Kier alpha value is -2.37. The van der Waals surface area contributed by atoms with E-state index in [1.54, 1.807) is 12.1 Å². The van der Waals surface area contributed by atoms with Crippen molar-refractivity contribution in [3.8, 4) is 17.2 Å². The van der Waals surface area contributed by atoms with Crippen LogP contribution in [0.4, 0.5) is 0 Å². The summed E-state index contributed by atoms with van der Waals surface area (Å²) in [4.78, 5) is 11.6. The van der Waals surface area contributed by atoms with Gasteiger partial charge < -0.3 is 24.1 Å². The third kappa shape index (κ3) is 5.86. The Morgan fingerprint density at radius 1 is 1.12 bits per heavy atom. The Balaban J connectivity index is 3.10. The zero-order chi connectivity index (χ0) is 19.5. The molecular weight excluding hydrogens is 336 g/mol. The second-order valence-electron chi connectivity index (χ2n) is 5.96. The van der Waals surface area contributed by atoms with Crippen LogP contribution in [0.5, 0.6) is 17.2 Å². The molecule has 0 aliphatic heterocycles. The Bertz CT molecular complexity index is 609. The predicted molar refractivity (Wildman–Crippen MR) is 101 cm³/mol. The summed E-state index contributed by atoms with van der Waals surface area (Å²) < 4.78 is 21.6. The third-order valence-electron chi connectivity index (χ3n) is 4.25. The van der Waals surface area contributed by atoms with E-state index in [2.05, 4.69) is 13.8 Å². The van der Waals surface area contributed by atoms with Crippen molar-refractivity contribution in [1.29, 1.82) is 0 Å². The molecule has 6 nitrogen and oxygen atoms in total. The smallest absolute Gasteiger partial charge is 0.371 e. The maximum Gasteiger partial charge on any atom is 0.371 e. The van der Waals surface area contributed by atoms with Crippen molar-refractivity contribution in [1.82, 2.24) is 0 Å². The van der Waals surface area contributed by atoms with E-state index in [0.29, 0.717) is 35.3 Å². The van der Waals surface area contributed by atoms with Gasteiger partial charge in [0, 0.05) is 5.56 Å². The molecule has 0 fully saturated rings. The minimum Gasteiger partial charge on any atom is -0.493 e. The molecule has 0 bridgehead atoms. The van der Waals surface area contributed by atoms with Crippen molar-refractivity contribution in [3.63, 3.8) is 0 Å². The van der Waals surface area contributed by atoms with Gasteiger partial charge in [-0.05, 0) is 30.5 Å². The highest BCUT2D eigenvalue weighted by Crippen LogP contribution is 2.40. The molecule has 0 amide bonds. The first-order chi connectivity index (χ1) is 12.5. The Kier molecular flexibility index (Phi) is 9.41. The van der Waals surface area contributed by atoms with Crippen molar-refractivity contribution in [3.05, 3.63) is 23.5 Å². The average Bonchev–Trinajstić information content (AvgIpc) is 2.65. The van der Waals surface area contributed by atoms with Gasteiger partial charge in [-0.25, -0.2) is 4.79 Å². The normalized spacial score (nSPS) is 12.4. The lowest BCUT2D eigenvalue weighted by Gasteiger charge is -2.17. The Morgan fingerprint density at radius 3 is 2.31 bits per heavy atom. The highest BCUT2D eigenvalue weighted by Gasteiger charge is 2.18. The summed E-state index contributed by atoms with van der Waals surface area (Å²) in [5.74, 6) is 0.405. The molecule has 26 heavy (non-hydrogen) atoms. The SMILES string of the molecule is CCCCC(CC)COC(=Cc1ccc(OC)c(OC)c1OC)C(=O)O. The minimum absolute atomic E-state index is 0.120. The van der Waals surface area contributed by atoms with E-state index in [9.17, 15) is 9.90 Å². The van der Waals surface area contributed by atoms with Crippen molar-refractivity contribution < 1.29 is 28.8 Å². The topological polar surface area (TPSA) is 74.2 Å². The van der Waals surface area contributed by atoms with Gasteiger partial charge in [0.1, 0.15) is 0 Å². The lowest BCUT2D eigenvalue weighted by molar-refractivity contribution is -0.136. The molecule has 1 aromatic rings. The molecule has 0 saturated carbocycles.